The number of benzene rings is 1. The van der Waals surface area contributed by atoms with E-state index >= 15 is 0 Å². The van der Waals surface area contributed by atoms with Gasteiger partial charge >= 0.3 is 5.97 Å². The topological polar surface area (TPSA) is 67.8 Å². The van der Waals surface area contributed by atoms with E-state index in [-0.39, 0.29) is 0 Å². The predicted octanol–water partition coefficient (Wildman–Crippen LogP) is 2.06. The average Bonchev–Trinajstić information content (AvgIpc) is 3.22. The van der Waals surface area contributed by atoms with Crippen LogP contribution in [0.25, 0.3) is 0 Å². The van der Waals surface area contributed by atoms with E-state index in [9.17, 15) is 4.79 Å². The van der Waals surface area contributed by atoms with Gasteiger partial charge in [-0.2, -0.15) is 0 Å². The lowest BCUT2D eigenvalue weighted by atomic mass is 10.2. The third-order valence-electron chi connectivity index (χ3n) is 3.10. The smallest absolute Gasteiger partial charge is 0.320 e. The van der Waals surface area contributed by atoms with Crippen molar-refractivity contribution in [1.82, 2.24) is 5.32 Å². The molecule has 0 aromatic heterocycles. The molecule has 0 saturated heterocycles. The van der Waals surface area contributed by atoms with Crippen molar-refractivity contribution >= 4 is 5.97 Å². The van der Waals surface area contributed by atoms with Gasteiger partial charge < -0.3 is 19.9 Å². The molecule has 0 radical (unpaired) electrons. The van der Waals surface area contributed by atoms with Gasteiger partial charge in [-0.05, 0) is 31.9 Å². The monoisotopic (exact) mass is 279 g/mol. The molecule has 5 nitrogen and oxygen atoms in total. The van der Waals surface area contributed by atoms with Gasteiger partial charge in [0.05, 0.1) is 13.2 Å². The number of carboxylic acid groups (broad SMARTS) is 1. The highest BCUT2D eigenvalue weighted by atomic mass is 16.5. The molecule has 1 aliphatic rings. The number of hydrogen-bond donors (Lipinski definition) is 2. The summed E-state index contributed by atoms with van der Waals surface area (Å²) in [6.07, 6.45) is 2.59. The summed E-state index contributed by atoms with van der Waals surface area (Å²) >= 11 is 0. The molecule has 1 aliphatic carbocycles. The first-order valence-corrected chi connectivity index (χ1v) is 7.03. The molecular weight excluding hydrogens is 258 g/mol. The Kier molecular flexibility index (Phi) is 5.24. The Labute approximate surface area is 118 Å². The van der Waals surface area contributed by atoms with Crippen LogP contribution in [0, 0.1) is 0 Å². The molecule has 0 spiro atoms. The summed E-state index contributed by atoms with van der Waals surface area (Å²) in [6, 6.07) is 7.22. The maximum absolute atomic E-state index is 11.1. The lowest BCUT2D eigenvalue weighted by Gasteiger charge is -2.14. The van der Waals surface area contributed by atoms with Crippen molar-refractivity contribution in [3.8, 4) is 11.5 Å². The average molecular weight is 279 g/mol. The summed E-state index contributed by atoms with van der Waals surface area (Å²) in [4.78, 5) is 11.1. The Morgan fingerprint density at radius 1 is 1.40 bits per heavy atom. The fourth-order valence-electron chi connectivity index (χ4n) is 1.93. The van der Waals surface area contributed by atoms with Crippen LogP contribution in [-0.2, 0) is 4.79 Å². The Morgan fingerprint density at radius 3 is 2.70 bits per heavy atom. The van der Waals surface area contributed by atoms with Gasteiger partial charge in [-0.1, -0.05) is 6.07 Å². The number of ether oxygens (including phenoxy) is 2. The molecule has 5 heteroatoms. The van der Waals surface area contributed by atoms with E-state index in [2.05, 4.69) is 5.32 Å². The number of hydrogen-bond acceptors (Lipinski definition) is 4. The van der Waals surface area contributed by atoms with E-state index in [1.807, 2.05) is 31.2 Å². The quantitative estimate of drug-likeness (QED) is 0.724. The molecule has 110 valence electrons. The molecule has 0 aliphatic heterocycles. The first-order valence-electron chi connectivity index (χ1n) is 7.03. The molecule has 1 aromatic carbocycles. The van der Waals surface area contributed by atoms with Crippen LogP contribution >= 0.6 is 0 Å². The highest BCUT2D eigenvalue weighted by Crippen LogP contribution is 2.21. The lowest BCUT2D eigenvalue weighted by Crippen LogP contribution is -2.39. The maximum Gasteiger partial charge on any atom is 0.320 e. The summed E-state index contributed by atoms with van der Waals surface area (Å²) in [7, 11) is 0. The van der Waals surface area contributed by atoms with Crippen LogP contribution in [0.3, 0.4) is 0 Å². The van der Waals surface area contributed by atoms with Gasteiger partial charge in [0.1, 0.15) is 17.5 Å². The number of carboxylic acids is 1. The minimum absolute atomic E-state index is 0.367. The third-order valence-corrected chi connectivity index (χ3v) is 3.10. The Balaban J connectivity index is 1.78. The van der Waals surface area contributed by atoms with Crippen molar-refractivity contribution in [2.24, 2.45) is 0 Å². The van der Waals surface area contributed by atoms with Crippen molar-refractivity contribution < 1.29 is 19.4 Å². The van der Waals surface area contributed by atoms with Gasteiger partial charge in [0.2, 0.25) is 0 Å². The van der Waals surface area contributed by atoms with Gasteiger partial charge in [0, 0.05) is 18.5 Å². The van der Waals surface area contributed by atoms with E-state index in [1.165, 1.54) is 0 Å². The third kappa shape index (κ3) is 4.74. The molecule has 0 amide bonds. The zero-order chi connectivity index (χ0) is 14.4. The highest BCUT2D eigenvalue weighted by Gasteiger charge is 2.27. The standard InChI is InChI=1S/C15H21NO4/c1-2-19-12-4-3-5-13(10-12)20-9-8-14(15(17)18)16-11-6-7-11/h3-5,10-11,14,16H,2,6-9H2,1H3,(H,17,18). The minimum Gasteiger partial charge on any atom is -0.494 e. The Morgan fingerprint density at radius 2 is 2.10 bits per heavy atom. The number of aliphatic carboxylic acids is 1. The zero-order valence-electron chi connectivity index (χ0n) is 11.7. The molecule has 2 rings (SSSR count). The van der Waals surface area contributed by atoms with E-state index in [1.54, 1.807) is 0 Å². The van der Waals surface area contributed by atoms with Gasteiger partial charge in [-0.25, -0.2) is 0 Å². The van der Waals surface area contributed by atoms with E-state index < -0.39 is 12.0 Å². The van der Waals surface area contributed by atoms with Crippen molar-refractivity contribution in [3.63, 3.8) is 0 Å². The second kappa shape index (κ2) is 7.14. The number of carbonyl (C=O) groups is 1. The summed E-state index contributed by atoms with van der Waals surface area (Å²) < 4.78 is 11.0. The van der Waals surface area contributed by atoms with Crippen LogP contribution < -0.4 is 14.8 Å². The lowest BCUT2D eigenvalue weighted by molar-refractivity contribution is -0.139. The molecule has 1 atom stereocenters. The van der Waals surface area contributed by atoms with Crippen LogP contribution in [0.4, 0.5) is 0 Å². The summed E-state index contributed by atoms with van der Waals surface area (Å²) in [5.74, 6) is 0.644. The molecule has 1 fully saturated rings. The van der Waals surface area contributed by atoms with Crippen molar-refractivity contribution in [2.75, 3.05) is 13.2 Å². The van der Waals surface area contributed by atoms with Crippen molar-refractivity contribution in [3.05, 3.63) is 24.3 Å². The minimum atomic E-state index is -0.816. The SMILES string of the molecule is CCOc1cccc(OCCC(NC2CC2)C(=O)O)c1. The van der Waals surface area contributed by atoms with Crippen LogP contribution in [0.1, 0.15) is 26.2 Å². The summed E-state index contributed by atoms with van der Waals surface area (Å²) in [6.45, 7) is 2.90. The number of nitrogens with one attached hydrogen (secondary N) is 1. The fourth-order valence-corrected chi connectivity index (χ4v) is 1.93. The van der Waals surface area contributed by atoms with Crippen LogP contribution in [0.15, 0.2) is 24.3 Å². The summed E-state index contributed by atoms with van der Waals surface area (Å²) in [5, 5.41) is 12.2. The zero-order valence-corrected chi connectivity index (χ0v) is 11.7. The maximum atomic E-state index is 11.1. The molecule has 0 heterocycles. The van der Waals surface area contributed by atoms with Crippen LogP contribution in [0.2, 0.25) is 0 Å². The van der Waals surface area contributed by atoms with Gasteiger partial charge in [0.15, 0.2) is 0 Å². The van der Waals surface area contributed by atoms with Crippen molar-refractivity contribution in [1.29, 1.82) is 0 Å². The first kappa shape index (κ1) is 14.7. The van der Waals surface area contributed by atoms with E-state index in [0.29, 0.717) is 31.4 Å². The molecule has 1 unspecified atom stereocenters. The molecular formula is C15H21NO4. The van der Waals surface area contributed by atoms with Gasteiger partial charge in [-0.15, -0.1) is 0 Å². The van der Waals surface area contributed by atoms with Gasteiger partial charge in [-0.3, -0.25) is 4.79 Å². The summed E-state index contributed by atoms with van der Waals surface area (Å²) in [5.41, 5.74) is 0. The number of rotatable bonds is 9. The van der Waals surface area contributed by atoms with Gasteiger partial charge in [0.25, 0.3) is 0 Å². The van der Waals surface area contributed by atoms with E-state index in [0.717, 1.165) is 18.6 Å². The highest BCUT2D eigenvalue weighted by molar-refractivity contribution is 5.73. The Hall–Kier alpha value is -1.75. The second-order valence-electron chi connectivity index (χ2n) is 4.88. The fraction of sp³-hybridized carbons (Fsp3) is 0.533. The molecule has 1 aromatic rings. The van der Waals surface area contributed by atoms with E-state index in [4.69, 9.17) is 14.6 Å². The molecule has 2 N–H and O–H groups in total. The molecule has 1 saturated carbocycles. The van der Waals surface area contributed by atoms with Crippen LogP contribution in [0.5, 0.6) is 11.5 Å². The normalized spacial score (nSPS) is 15.7. The van der Waals surface area contributed by atoms with Crippen molar-refractivity contribution in [2.45, 2.75) is 38.3 Å². The molecule has 0 bridgehead atoms. The Bertz CT molecular complexity index is 445. The largest absolute Gasteiger partial charge is 0.494 e. The predicted molar refractivity (Wildman–Crippen MR) is 75.3 cm³/mol. The molecule has 20 heavy (non-hydrogen) atoms. The second-order valence-corrected chi connectivity index (χ2v) is 4.88. The first-order chi connectivity index (χ1) is 9.69. The van der Waals surface area contributed by atoms with Crippen LogP contribution in [-0.4, -0.2) is 36.4 Å².